The van der Waals surface area contributed by atoms with Crippen molar-refractivity contribution >= 4 is 18.3 Å². The molecule has 0 aromatic heterocycles. The molecule has 1 aromatic carbocycles. The number of benzene rings is 1. The lowest BCUT2D eigenvalue weighted by Gasteiger charge is -2.28. The van der Waals surface area contributed by atoms with Crippen molar-refractivity contribution in [3.63, 3.8) is 0 Å². The molecule has 3 rings (SSSR count). The van der Waals surface area contributed by atoms with Gasteiger partial charge in [-0.1, -0.05) is 31.0 Å². The number of amides is 1. The normalized spacial score (nSPS) is 20.3. The third-order valence-corrected chi connectivity index (χ3v) is 5.65. The summed E-state index contributed by atoms with van der Waals surface area (Å²) in [7, 11) is 0. The minimum atomic E-state index is -0.317. The molecule has 0 saturated heterocycles. The second kappa shape index (κ2) is 7.67. The van der Waals surface area contributed by atoms with Crippen molar-refractivity contribution in [1.82, 2.24) is 5.32 Å². The van der Waals surface area contributed by atoms with Crippen LogP contribution in [0.15, 0.2) is 18.2 Å². The number of hydrogen-bond donors (Lipinski definition) is 2. The highest BCUT2D eigenvalue weighted by atomic mass is 35.5. The predicted molar refractivity (Wildman–Crippen MR) is 96.8 cm³/mol. The number of nitrogens with one attached hydrogen (secondary N) is 1. The van der Waals surface area contributed by atoms with Gasteiger partial charge in [0.1, 0.15) is 0 Å². The molecule has 0 aliphatic heterocycles. The van der Waals surface area contributed by atoms with Crippen LogP contribution < -0.4 is 11.1 Å². The summed E-state index contributed by atoms with van der Waals surface area (Å²) in [5, 5.41) is 3.22. The van der Waals surface area contributed by atoms with E-state index in [2.05, 4.69) is 30.4 Å². The summed E-state index contributed by atoms with van der Waals surface area (Å²) < 4.78 is 0. The lowest BCUT2D eigenvalue weighted by atomic mass is 9.84. The Kier molecular flexibility index (Phi) is 6.10. The van der Waals surface area contributed by atoms with Crippen LogP contribution in [0, 0.1) is 5.41 Å². The fraction of sp³-hybridized carbons (Fsp3) is 0.632. The first-order chi connectivity index (χ1) is 10.6. The first kappa shape index (κ1) is 18.3. The maximum absolute atomic E-state index is 12.7. The molecule has 0 spiro atoms. The van der Waals surface area contributed by atoms with E-state index in [9.17, 15) is 4.79 Å². The van der Waals surface area contributed by atoms with E-state index in [0.29, 0.717) is 6.54 Å². The van der Waals surface area contributed by atoms with Crippen LogP contribution in [0.4, 0.5) is 0 Å². The number of carbonyl (C=O) groups excluding carboxylic acids is 1. The summed E-state index contributed by atoms with van der Waals surface area (Å²) in [6, 6.07) is 6.78. The van der Waals surface area contributed by atoms with Gasteiger partial charge in [0.25, 0.3) is 0 Å². The molecule has 0 bridgehead atoms. The van der Waals surface area contributed by atoms with Crippen molar-refractivity contribution in [2.75, 3.05) is 6.54 Å². The van der Waals surface area contributed by atoms with Gasteiger partial charge in [0.15, 0.2) is 0 Å². The number of nitrogens with two attached hydrogens (primary N) is 1. The average Bonchev–Trinajstić information content (AvgIpc) is 3.04. The Morgan fingerprint density at radius 3 is 2.48 bits per heavy atom. The van der Waals surface area contributed by atoms with Gasteiger partial charge in [-0.25, -0.2) is 0 Å². The molecule has 3 nitrogen and oxygen atoms in total. The molecule has 1 fully saturated rings. The topological polar surface area (TPSA) is 55.1 Å². The molecule has 1 unspecified atom stereocenters. The molecule has 0 radical (unpaired) electrons. The molecule has 3 N–H and O–H groups in total. The van der Waals surface area contributed by atoms with Gasteiger partial charge in [-0.3, -0.25) is 4.79 Å². The van der Waals surface area contributed by atoms with Gasteiger partial charge in [0, 0.05) is 6.54 Å². The van der Waals surface area contributed by atoms with Crippen LogP contribution in [-0.4, -0.2) is 12.5 Å². The molecule has 2 aliphatic rings. The van der Waals surface area contributed by atoms with E-state index in [0.717, 1.165) is 25.7 Å². The molecule has 1 atom stereocenters. The van der Waals surface area contributed by atoms with Gasteiger partial charge in [0.2, 0.25) is 5.91 Å². The number of rotatable bonds is 4. The zero-order valence-corrected chi connectivity index (χ0v) is 14.9. The molecule has 1 aromatic rings. The minimum Gasteiger partial charge on any atom is -0.349 e. The number of hydrogen-bond acceptors (Lipinski definition) is 2. The zero-order chi connectivity index (χ0) is 15.6. The summed E-state index contributed by atoms with van der Waals surface area (Å²) in [4.78, 5) is 12.7. The predicted octanol–water partition coefficient (Wildman–Crippen LogP) is 3.68. The molecule has 1 amide bonds. The van der Waals surface area contributed by atoms with Crippen molar-refractivity contribution in [2.45, 2.75) is 64.3 Å². The Balaban J connectivity index is 0.00000192. The van der Waals surface area contributed by atoms with Crippen LogP contribution in [0.2, 0.25) is 0 Å². The molecule has 23 heavy (non-hydrogen) atoms. The van der Waals surface area contributed by atoms with Gasteiger partial charge in [-0.2, -0.15) is 0 Å². The maximum atomic E-state index is 12.7. The lowest BCUT2D eigenvalue weighted by Crippen LogP contribution is -2.45. The molecule has 4 heteroatoms. The van der Waals surface area contributed by atoms with E-state index < -0.39 is 0 Å². The van der Waals surface area contributed by atoms with Gasteiger partial charge < -0.3 is 11.1 Å². The summed E-state index contributed by atoms with van der Waals surface area (Å²) in [5.41, 5.74) is 9.78. The Labute approximate surface area is 145 Å². The number of fused-ring (bicyclic) bond motifs is 1. The highest BCUT2D eigenvalue weighted by molar-refractivity contribution is 5.85. The van der Waals surface area contributed by atoms with Crippen molar-refractivity contribution in [1.29, 1.82) is 0 Å². The monoisotopic (exact) mass is 336 g/mol. The molecule has 2 aliphatic carbocycles. The largest absolute Gasteiger partial charge is 0.349 e. The van der Waals surface area contributed by atoms with E-state index in [-0.39, 0.29) is 29.8 Å². The van der Waals surface area contributed by atoms with Crippen molar-refractivity contribution in [3.8, 4) is 0 Å². The van der Waals surface area contributed by atoms with E-state index >= 15 is 0 Å². The smallest absolute Gasteiger partial charge is 0.227 e. The first-order valence-corrected chi connectivity index (χ1v) is 8.77. The maximum Gasteiger partial charge on any atom is 0.227 e. The second-order valence-electron chi connectivity index (χ2n) is 7.12. The first-order valence-electron chi connectivity index (χ1n) is 8.77. The lowest BCUT2D eigenvalue weighted by molar-refractivity contribution is -0.131. The minimum absolute atomic E-state index is 0. The fourth-order valence-corrected chi connectivity index (χ4v) is 4.03. The molecule has 128 valence electrons. The van der Waals surface area contributed by atoms with Crippen LogP contribution in [0.25, 0.3) is 0 Å². The van der Waals surface area contributed by atoms with Gasteiger partial charge in [-0.05, 0) is 62.1 Å². The number of carbonyl (C=O) groups is 1. The van der Waals surface area contributed by atoms with Gasteiger partial charge >= 0.3 is 0 Å². The van der Waals surface area contributed by atoms with E-state index in [1.54, 1.807) is 0 Å². The number of halogens is 1. The molecular formula is C19H29ClN2O. The van der Waals surface area contributed by atoms with E-state index in [4.69, 9.17) is 5.73 Å². The summed E-state index contributed by atoms with van der Waals surface area (Å²) in [6.45, 7) is 2.55. The van der Waals surface area contributed by atoms with Crippen LogP contribution in [0.5, 0.6) is 0 Å². The Bertz CT molecular complexity index is 552. The summed E-state index contributed by atoms with van der Waals surface area (Å²) in [6.07, 6.45) is 9.09. The highest BCUT2D eigenvalue weighted by Crippen LogP contribution is 2.38. The van der Waals surface area contributed by atoms with E-state index in [1.165, 1.54) is 42.4 Å². The van der Waals surface area contributed by atoms with Gasteiger partial charge in [-0.15, -0.1) is 12.4 Å². The van der Waals surface area contributed by atoms with E-state index in [1.807, 2.05) is 0 Å². The van der Waals surface area contributed by atoms with Gasteiger partial charge in [0.05, 0.1) is 11.5 Å². The third-order valence-electron chi connectivity index (χ3n) is 5.65. The third kappa shape index (κ3) is 3.72. The standard InChI is InChI=1S/C19H28N2O.ClH/c1-14(21-18(22)19(13-20)10-4-5-11-19)16-9-8-15-6-2-3-7-17(15)12-16;/h8-9,12,14H,2-7,10-11,13,20H2,1H3,(H,21,22);1H. The summed E-state index contributed by atoms with van der Waals surface area (Å²) >= 11 is 0. The van der Waals surface area contributed by atoms with Crippen LogP contribution in [-0.2, 0) is 17.6 Å². The number of aryl methyl sites for hydroxylation is 2. The quantitative estimate of drug-likeness (QED) is 0.881. The second-order valence-corrected chi connectivity index (χ2v) is 7.12. The highest BCUT2D eigenvalue weighted by Gasteiger charge is 2.40. The Morgan fingerprint density at radius 1 is 1.17 bits per heavy atom. The zero-order valence-electron chi connectivity index (χ0n) is 14.1. The summed E-state index contributed by atoms with van der Waals surface area (Å²) in [5.74, 6) is 0.151. The van der Waals surface area contributed by atoms with Crippen LogP contribution >= 0.6 is 12.4 Å². The molecular weight excluding hydrogens is 308 g/mol. The van der Waals surface area contributed by atoms with Crippen molar-refractivity contribution < 1.29 is 4.79 Å². The van der Waals surface area contributed by atoms with Crippen molar-refractivity contribution in [2.24, 2.45) is 11.1 Å². The SMILES string of the molecule is CC(NC(=O)C1(CN)CCCC1)c1ccc2c(c1)CCCC2.Cl. The molecule has 0 heterocycles. The average molecular weight is 337 g/mol. The Hall–Kier alpha value is -1.06. The van der Waals surface area contributed by atoms with Crippen LogP contribution in [0.1, 0.15) is 68.2 Å². The molecule has 1 saturated carbocycles. The fourth-order valence-electron chi connectivity index (χ4n) is 4.03. The van der Waals surface area contributed by atoms with Crippen molar-refractivity contribution in [3.05, 3.63) is 34.9 Å². The Morgan fingerprint density at radius 2 is 1.83 bits per heavy atom. The van der Waals surface area contributed by atoms with Crippen LogP contribution in [0.3, 0.4) is 0 Å².